The lowest BCUT2D eigenvalue weighted by Gasteiger charge is -2.35. The molecule has 1 aromatic heterocycles. The molecule has 4 rings (SSSR count). The van der Waals surface area contributed by atoms with Gasteiger partial charge in [0.05, 0.1) is 18.6 Å². The highest BCUT2D eigenvalue weighted by molar-refractivity contribution is 5.88. The van der Waals surface area contributed by atoms with E-state index in [0.717, 1.165) is 56.6 Å². The fourth-order valence-electron chi connectivity index (χ4n) is 4.81. The molecule has 2 aliphatic rings. The van der Waals surface area contributed by atoms with Gasteiger partial charge in [0.15, 0.2) is 0 Å². The lowest BCUT2D eigenvalue weighted by molar-refractivity contribution is -0.143. The molecule has 2 heterocycles. The molecule has 1 aromatic carbocycles. The smallest absolute Gasteiger partial charge is 0.326 e. The normalized spacial score (nSPS) is 20.6. The van der Waals surface area contributed by atoms with Crippen molar-refractivity contribution in [1.82, 2.24) is 10.3 Å². The molecule has 4 N–H and O–H groups in total. The van der Waals surface area contributed by atoms with Gasteiger partial charge in [0, 0.05) is 25.3 Å². The summed E-state index contributed by atoms with van der Waals surface area (Å²) in [6.07, 6.45) is 6.53. The number of carboxylic acids is 1. The van der Waals surface area contributed by atoms with E-state index in [0.29, 0.717) is 11.5 Å². The van der Waals surface area contributed by atoms with Gasteiger partial charge in [-0.2, -0.15) is 0 Å². The van der Waals surface area contributed by atoms with Crippen molar-refractivity contribution in [3.8, 4) is 0 Å². The van der Waals surface area contributed by atoms with Gasteiger partial charge in [-0.25, -0.2) is 9.78 Å². The predicted molar refractivity (Wildman–Crippen MR) is 132 cm³/mol. The van der Waals surface area contributed by atoms with Crippen molar-refractivity contribution in [2.75, 3.05) is 25.1 Å². The van der Waals surface area contributed by atoms with Gasteiger partial charge in [0.1, 0.15) is 11.9 Å². The molecule has 188 valence electrons. The van der Waals surface area contributed by atoms with Gasteiger partial charge in [0.2, 0.25) is 5.91 Å². The second-order valence-corrected chi connectivity index (χ2v) is 9.54. The van der Waals surface area contributed by atoms with Crippen molar-refractivity contribution < 1.29 is 24.5 Å². The number of carbonyl (C=O) groups excluding carboxylic acids is 1. The average Bonchev–Trinajstić information content (AvgIpc) is 2.85. The lowest BCUT2D eigenvalue weighted by atomic mass is 9.79. The summed E-state index contributed by atoms with van der Waals surface area (Å²) in [4.78, 5) is 29.0. The number of carbonyl (C=O) groups is 2. The van der Waals surface area contributed by atoms with E-state index in [2.05, 4.69) is 22.8 Å². The van der Waals surface area contributed by atoms with Crippen LogP contribution in [-0.2, 0) is 27.2 Å². The summed E-state index contributed by atoms with van der Waals surface area (Å²) < 4.78 is 5.88. The van der Waals surface area contributed by atoms with Crippen molar-refractivity contribution in [3.63, 3.8) is 0 Å². The van der Waals surface area contributed by atoms with Crippen LogP contribution in [0.5, 0.6) is 0 Å². The Balaban J connectivity index is 1.15. The summed E-state index contributed by atoms with van der Waals surface area (Å²) in [6, 6.07) is 12.1. The van der Waals surface area contributed by atoms with E-state index in [-0.39, 0.29) is 25.7 Å². The fourth-order valence-corrected chi connectivity index (χ4v) is 4.81. The number of carboxylic acid groups (broad SMARTS) is 1. The molecule has 0 bridgehead atoms. The Morgan fingerprint density at radius 2 is 1.97 bits per heavy atom. The van der Waals surface area contributed by atoms with Crippen LogP contribution in [0.15, 0.2) is 42.5 Å². The Bertz CT molecular complexity index is 994. The predicted octanol–water partition coefficient (Wildman–Crippen LogP) is 2.90. The molecule has 1 aliphatic heterocycles. The van der Waals surface area contributed by atoms with Gasteiger partial charge in [-0.1, -0.05) is 36.4 Å². The third kappa shape index (κ3) is 6.80. The Kier molecular flexibility index (Phi) is 8.71. The van der Waals surface area contributed by atoms with Gasteiger partial charge in [0.25, 0.3) is 0 Å². The standard InChI is InChI=1S/C27H35N3O5/c31-17-23(19-5-2-1-3-6-19)26(32)30-24(27(33)34)12-14-35-22-15-18(16-22)8-10-21-11-9-20-7-4-13-28-25(20)29-21/h1-3,5-6,9,11,18,22-24,31H,4,7-8,10,12-17H2,(H,28,29)(H,30,32)(H,33,34)/t18-,22-,23-,24?/m0/s1. The number of aliphatic hydroxyl groups excluding tert-OH is 1. The largest absolute Gasteiger partial charge is 0.480 e. The first-order valence-corrected chi connectivity index (χ1v) is 12.6. The number of anilines is 1. The van der Waals surface area contributed by atoms with Crippen molar-refractivity contribution in [1.29, 1.82) is 0 Å². The number of hydrogen-bond donors (Lipinski definition) is 4. The van der Waals surface area contributed by atoms with Crippen LogP contribution < -0.4 is 10.6 Å². The minimum absolute atomic E-state index is 0.137. The fraction of sp³-hybridized carbons (Fsp3) is 0.519. The van der Waals surface area contributed by atoms with Crippen LogP contribution in [-0.4, -0.2) is 59.0 Å². The molecule has 0 radical (unpaired) electrons. The SMILES string of the molecule is O=C(O)C(CCO[C@H]1C[C@H](CCc2ccc3c(n2)NCCC3)C1)NC(=O)[C@@H](CO)c1ccccc1. The number of aliphatic hydroxyl groups is 1. The number of aliphatic carboxylic acids is 1. The number of pyridine rings is 1. The van der Waals surface area contributed by atoms with E-state index in [1.165, 1.54) is 5.56 Å². The summed E-state index contributed by atoms with van der Waals surface area (Å²) in [7, 11) is 0. The van der Waals surface area contributed by atoms with Gasteiger partial charge >= 0.3 is 5.97 Å². The minimum atomic E-state index is -1.11. The summed E-state index contributed by atoms with van der Waals surface area (Å²) >= 11 is 0. The number of nitrogens with one attached hydrogen (secondary N) is 2. The number of ether oxygens (including phenoxy) is 1. The molecule has 1 saturated carbocycles. The topological polar surface area (TPSA) is 121 Å². The first-order valence-electron chi connectivity index (χ1n) is 12.6. The quantitative estimate of drug-likeness (QED) is 0.368. The number of amides is 1. The number of nitrogens with zero attached hydrogens (tertiary/aromatic N) is 1. The summed E-state index contributed by atoms with van der Waals surface area (Å²) in [6.45, 7) is 0.869. The molecule has 1 amide bonds. The number of aryl methyl sites for hydroxylation is 2. The number of rotatable bonds is 12. The van der Waals surface area contributed by atoms with Crippen LogP contribution in [0.1, 0.15) is 54.8 Å². The van der Waals surface area contributed by atoms with Gasteiger partial charge in [-0.05, 0) is 61.6 Å². The van der Waals surface area contributed by atoms with Gasteiger partial charge in [-0.15, -0.1) is 0 Å². The Hall–Kier alpha value is -2.97. The van der Waals surface area contributed by atoms with Gasteiger partial charge < -0.3 is 25.6 Å². The van der Waals surface area contributed by atoms with Gasteiger partial charge in [-0.3, -0.25) is 4.79 Å². The van der Waals surface area contributed by atoms with Crippen molar-refractivity contribution in [2.45, 2.75) is 63.0 Å². The zero-order valence-electron chi connectivity index (χ0n) is 20.0. The molecular weight excluding hydrogens is 446 g/mol. The molecular formula is C27H35N3O5. The van der Waals surface area contributed by atoms with E-state index in [9.17, 15) is 19.8 Å². The molecule has 0 saturated heterocycles. The molecule has 0 spiro atoms. The third-order valence-electron chi connectivity index (χ3n) is 7.03. The molecule has 35 heavy (non-hydrogen) atoms. The van der Waals surface area contributed by atoms with Crippen molar-refractivity contribution in [2.24, 2.45) is 5.92 Å². The molecule has 2 atom stereocenters. The monoisotopic (exact) mass is 481 g/mol. The van der Waals surface area contributed by atoms with E-state index < -0.39 is 23.8 Å². The first-order chi connectivity index (χ1) is 17.0. The minimum Gasteiger partial charge on any atom is -0.480 e. The summed E-state index contributed by atoms with van der Waals surface area (Å²) in [5.41, 5.74) is 3.08. The molecule has 1 fully saturated rings. The Labute approximate surface area is 206 Å². The highest BCUT2D eigenvalue weighted by atomic mass is 16.5. The maximum atomic E-state index is 12.6. The van der Waals surface area contributed by atoms with Crippen LogP contribution in [0.4, 0.5) is 5.82 Å². The lowest BCUT2D eigenvalue weighted by Crippen LogP contribution is -2.44. The molecule has 1 aliphatic carbocycles. The van der Waals surface area contributed by atoms with Crippen LogP contribution in [0.2, 0.25) is 0 Å². The zero-order chi connectivity index (χ0) is 24.6. The van der Waals surface area contributed by atoms with Crippen LogP contribution in [0.3, 0.4) is 0 Å². The highest BCUT2D eigenvalue weighted by Crippen LogP contribution is 2.34. The summed E-state index contributed by atoms with van der Waals surface area (Å²) in [5, 5.41) is 25.1. The third-order valence-corrected chi connectivity index (χ3v) is 7.03. The molecule has 8 heteroatoms. The van der Waals surface area contributed by atoms with Crippen LogP contribution in [0.25, 0.3) is 0 Å². The molecule has 8 nitrogen and oxygen atoms in total. The average molecular weight is 482 g/mol. The maximum Gasteiger partial charge on any atom is 0.326 e. The van der Waals surface area contributed by atoms with Crippen LogP contribution >= 0.6 is 0 Å². The number of hydrogen-bond acceptors (Lipinski definition) is 6. The zero-order valence-corrected chi connectivity index (χ0v) is 20.0. The molecule has 1 unspecified atom stereocenters. The van der Waals surface area contributed by atoms with Crippen molar-refractivity contribution >= 4 is 17.7 Å². The Morgan fingerprint density at radius 3 is 2.71 bits per heavy atom. The summed E-state index contributed by atoms with van der Waals surface area (Å²) in [5.74, 6) is -0.771. The van der Waals surface area contributed by atoms with Crippen LogP contribution in [0, 0.1) is 5.92 Å². The number of benzene rings is 1. The van der Waals surface area contributed by atoms with E-state index in [1.807, 2.05) is 6.07 Å². The molecule has 2 aromatic rings. The first kappa shape index (κ1) is 25.1. The maximum absolute atomic E-state index is 12.6. The van der Waals surface area contributed by atoms with E-state index >= 15 is 0 Å². The highest BCUT2D eigenvalue weighted by Gasteiger charge is 2.31. The second-order valence-electron chi connectivity index (χ2n) is 9.54. The van der Waals surface area contributed by atoms with E-state index in [1.54, 1.807) is 24.3 Å². The van der Waals surface area contributed by atoms with E-state index in [4.69, 9.17) is 9.72 Å². The number of fused-ring (bicyclic) bond motifs is 1. The van der Waals surface area contributed by atoms with Crippen molar-refractivity contribution in [3.05, 3.63) is 59.3 Å². The Morgan fingerprint density at radius 1 is 1.17 bits per heavy atom. The second kappa shape index (κ2) is 12.1. The number of aromatic nitrogens is 1.